The minimum atomic E-state index is -0.543. The van der Waals surface area contributed by atoms with Crippen molar-refractivity contribution in [1.82, 2.24) is 0 Å². The average molecular weight is 207 g/mol. The van der Waals surface area contributed by atoms with Gasteiger partial charge in [0.25, 0.3) is 0 Å². The molecule has 0 aliphatic rings. The number of hydrogen-bond acceptors (Lipinski definition) is 2. The zero-order valence-electron chi connectivity index (χ0n) is 8.86. The summed E-state index contributed by atoms with van der Waals surface area (Å²) >= 11 is 0. The highest BCUT2D eigenvalue weighted by molar-refractivity contribution is 5.87. The zero-order valence-corrected chi connectivity index (χ0v) is 8.86. The first-order valence-corrected chi connectivity index (χ1v) is 5.00. The maximum Gasteiger partial charge on any atom is 0.316 e. The molecule has 0 fully saturated rings. The molecule has 0 spiro atoms. The molecule has 0 aliphatic heterocycles. The Bertz CT molecular complexity index is 338. The van der Waals surface area contributed by atoms with Gasteiger partial charge in [-0.15, -0.1) is 0 Å². The van der Waals surface area contributed by atoms with Gasteiger partial charge in [-0.1, -0.05) is 19.1 Å². The van der Waals surface area contributed by atoms with Crippen LogP contribution in [0.1, 0.15) is 24.8 Å². The van der Waals surface area contributed by atoms with Crippen LogP contribution in [-0.2, 0) is 0 Å². The predicted octanol–water partition coefficient (Wildman–Crippen LogP) is 1.63. The first-order valence-electron chi connectivity index (χ1n) is 5.00. The highest BCUT2D eigenvalue weighted by Crippen LogP contribution is 2.21. The first-order chi connectivity index (χ1) is 7.13. The summed E-state index contributed by atoms with van der Waals surface area (Å²) in [6.45, 7) is 2.77. The Morgan fingerprint density at radius 1 is 1.53 bits per heavy atom. The summed E-state index contributed by atoms with van der Waals surface area (Å²) in [7, 11) is 0. The summed E-state index contributed by atoms with van der Waals surface area (Å²) < 4.78 is 0. The molecular weight excluding hydrogens is 190 g/mol. The van der Waals surface area contributed by atoms with E-state index in [1.807, 2.05) is 24.3 Å². The molecule has 2 amide bonds. The van der Waals surface area contributed by atoms with Crippen LogP contribution in [0.5, 0.6) is 0 Å². The molecule has 1 aromatic rings. The molecule has 0 saturated carbocycles. The van der Waals surface area contributed by atoms with Crippen molar-refractivity contribution in [3.8, 4) is 0 Å². The van der Waals surface area contributed by atoms with E-state index >= 15 is 0 Å². The Balaban J connectivity index is 2.77. The number of nitrogens with two attached hydrogens (primary N) is 2. The summed E-state index contributed by atoms with van der Waals surface area (Å²) in [5, 5.41) is 2.55. The van der Waals surface area contributed by atoms with Gasteiger partial charge in [0.05, 0.1) is 0 Å². The van der Waals surface area contributed by atoms with E-state index < -0.39 is 6.03 Å². The van der Waals surface area contributed by atoms with Gasteiger partial charge in [-0.3, -0.25) is 0 Å². The Hall–Kier alpha value is -1.55. The smallest absolute Gasteiger partial charge is 0.316 e. The van der Waals surface area contributed by atoms with Crippen molar-refractivity contribution in [2.45, 2.75) is 19.3 Å². The lowest BCUT2D eigenvalue weighted by Gasteiger charge is -2.11. The van der Waals surface area contributed by atoms with Crippen LogP contribution in [0, 0.1) is 0 Å². The van der Waals surface area contributed by atoms with Crippen molar-refractivity contribution in [2.24, 2.45) is 11.5 Å². The molecule has 5 N–H and O–H groups in total. The van der Waals surface area contributed by atoms with E-state index in [4.69, 9.17) is 11.5 Å². The first kappa shape index (κ1) is 11.5. The predicted molar refractivity (Wildman–Crippen MR) is 61.7 cm³/mol. The zero-order chi connectivity index (χ0) is 11.3. The molecule has 15 heavy (non-hydrogen) atoms. The molecule has 0 bridgehead atoms. The molecule has 4 nitrogen and oxygen atoms in total. The largest absolute Gasteiger partial charge is 0.351 e. The van der Waals surface area contributed by atoms with Crippen molar-refractivity contribution in [3.05, 3.63) is 29.8 Å². The van der Waals surface area contributed by atoms with Gasteiger partial charge in [-0.2, -0.15) is 0 Å². The third-order valence-corrected chi connectivity index (χ3v) is 2.32. The van der Waals surface area contributed by atoms with Gasteiger partial charge < -0.3 is 16.8 Å². The van der Waals surface area contributed by atoms with Crippen molar-refractivity contribution in [3.63, 3.8) is 0 Å². The molecule has 0 aliphatic carbocycles. The van der Waals surface area contributed by atoms with Crippen LogP contribution in [0.15, 0.2) is 24.3 Å². The van der Waals surface area contributed by atoms with Gasteiger partial charge in [-0.25, -0.2) is 4.79 Å². The van der Waals surface area contributed by atoms with E-state index in [9.17, 15) is 4.79 Å². The fraction of sp³-hybridized carbons (Fsp3) is 0.364. The number of carbonyl (C=O) groups is 1. The van der Waals surface area contributed by atoms with Crippen molar-refractivity contribution < 1.29 is 4.79 Å². The summed E-state index contributed by atoms with van der Waals surface area (Å²) in [5.74, 6) is 0.393. The lowest BCUT2D eigenvalue weighted by atomic mass is 9.97. The second-order valence-corrected chi connectivity index (χ2v) is 3.59. The molecule has 82 valence electrons. The minimum Gasteiger partial charge on any atom is -0.351 e. The van der Waals surface area contributed by atoms with Crippen LogP contribution in [-0.4, -0.2) is 12.6 Å². The van der Waals surface area contributed by atoms with Crippen LogP contribution in [0.4, 0.5) is 10.5 Å². The van der Waals surface area contributed by atoms with E-state index in [-0.39, 0.29) is 0 Å². The number of urea groups is 1. The second-order valence-electron chi connectivity index (χ2n) is 3.59. The number of anilines is 1. The van der Waals surface area contributed by atoms with E-state index in [0.29, 0.717) is 12.5 Å². The minimum absolute atomic E-state index is 0.393. The normalized spacial score (nSPS) is 12.1. The van der Waals surface area contributed by atoms with Gasteiger partial charge in [-0.05, 0) is 36.6 Å². The quantitative estimate of drug-likeness (QED) is 0.701. The van der Waals surface area contributed by atoms with Gasteiger partial charge in [0.15, 0.2) is 0 Å². The number of amides is 2. The Labute approximate surface area is 89.6 Å². The lowest BCUT2D eigenvalue weighted by molar-refractivity contribution is 0.259. The average Bonchev–Trinajstić information content (AvgIpc) is 2.17. The SMILES string of the molecule is CC(CCN)c1cccc(NC(N)=O)c1. The molecule has 4 heteroatoms. The van der Waals surface area contributed by atoms with Crippen molar-refractivity contribution in [1.29, 1.82) is 0 Å². The number of hydrogen-bond donors (Lipinski definition) is 3. The molecule has 1 rings (SSSR count). The summed E-state index contributed by atoms with van der Waals surface area (Å²) in [6, 6.07) is 7.10. The third kappa shape index (κ3) is 3.59. The van der Waals surface area contributed by atoms with Gasteiger partial charge in [0, 0.05) is 5.69 Å². The molecule has 0 heterocycles. The molecule has 0 aromatic heterocycles. The number of rotatable bonds is 4. The summed E-state index contributed by atoms with van der Waals surface area (Å²) in [4.78, 5) is 10.7. The summed E-state index contributed by atoms with van der Waals surface area (Å²) in [5.41, 5.74) is 12.4. The number of benzene rings is 1. The van der Waals surface area contributed by atoms with Crippen molar-refractivity contribution >= 4 is 11.7 Å². The molecule has 1 atom stereocenters. The van der Waals surface area contributed by atoms with E-state index in [2.05, 4.69) is 12.2 Å². The van der Waals surface area contributed by atoms with Crippen LogP contribution >= 0.6 is 0 Å². The second kappa shape index (κ2) is 5.36. The fourth-order valence-electron chi connectivity index (χ4n) is 1.48. The topological polar surface area (TPSA) is 81.1 Å². The lowest BCUT2D eigenvalue weighted by Crippen LogP contribution is -2.19. The molecule has 1 unspecified atom stereocenters. The van der Waals surface area contributed by atoms with Gasteiger partial charge in [0.2, 0.25) is 0 Å². The van der Waals surface area contributed by atoms with Crippen molar-refractivity contribution in [2.75, 3.05) is 11.9 Å². The fourth-order valence-corrected chi connectivity index (χ4v) is 1.48. The van der Waals surface area contributed by atoms with Gasteiger partial charge in [0.1, 0.15) is 0 Å². The molecular formula is C11H17N3O. The number of carbonyl (C=O) groups excluding carboxylic acids is 1. The number of nitrogens with one attached hydrogen (secondary N) is 1. The standard InChI is InChI=1S/C11H17N3O/c1-8(5-6-12)9-3-2-4-10(7-9)14-11(13)15/h2-4,7-8H,5-6,12H2,1H3,(H3,13,14,15). The van der Waals surface area contributed by atoms with E-state index in [1.165, 1.54) is 0 Å². The maximum absolute atomic E-state index is 10.7. The summed E-state index contributed by atoms with van der Waals surface area (Å²) in [6.07, 6.45) is 0.931. The maximum atomic E-state index is 10.7. The highest BCUT2D eigenvalue weighted by atomic mass is 16.2. The third-order valence-electron chi connectivity index (χ3n) is 2.32. The van der Waals surface area contributed by atoms with Crippen LogP contribution < -0.4 is 16.8 Å². The highest BCUT2D eigenvalue weighted by Gasteiger charge is 2.05. The van der Waals surface area contributed by atoms with Crippen LogP contribution in [0.3, 0.4) is 0 Å². The monoisotopic (exact) mass is 207 g/mol. The van der Waals surface area contributed by atoms with Gasteiger partial charge >= 0.3 is 6.03 Å². The Morgan fingerprint density at radius 3 is 2.87 bits per heavy atom. The molecule has 0 saturated heterocycles. The van der Waals surface area contributed by atoms with Crippen LogP contribution in [0.2, 0.25) is 0 Å². The molecule has 1 aromatic carbocycles. The van der Waals surface area contributed by atoms with E-state index in [1.54, 1.807) is 0 Å². The number of primary amides is 1. The Kier molecular flexibility index (Phi) is 4.12. The molecule has 0 radical (unpaired) electrons. The van der Waals surface area contributed by atoms with E-state index in [0.717, 1.165) is 17.7 Å². The Morgan fingerprint density at radius 2 is 2.27 bits per heavy atom. The van der Waals surface area contributed by atoms with Crippen LogP contribution in [0.25, 0.3) is 0 Å².